The molecule has 1 saturated heterocycles. The summed E-state index contributed by atoms with van der Waals surface area (Å²) in [6, 6.07) is 7.99. The molecule has 0 atom stereocenters. The second-order valence-electron chi connectivity index (χ2n) is 8.03. The van der Waals surface area contributed by atoms with Gasteiger partial charge in [-0.1, -0.05) is 6.07 Å². The summed E-state index contributed by atoms with van der Waals surface area (Å²) in [4.78, 5) is 19.2. The quantitative estimate of drug-likeness (QED) is 0.515. The number of piperidine rings is 1. The number of rotatable bonds is 3. The molecular weight excluding hydrogens is 386 g/mol. The largest absolute Gasteiger partial charge is 0.343 e. The van der Waals surface area contributed by atoms with Crippen LogP contribution in [0.3, 0.4) is 0 Å². The number of aryl methyl sites for hydroxylation is 1. The van der Waals surface area contributed by atoms with Crippen LogP contribution in [0.15, 0.2) is 53.7 Å². The van der Waals surface area contributed by atoms with E-state index in [0.717, 1.165) is 48.0 Å². The normalized spacial score (nSPS) is 16.0. The first-order valence-corrected chi connectivity index (χ1v) is 10.1. The van der Waals surface area contributed by atoms with Gasteiger partial charge in [-0.3, -0.25) is 9.69 Å². The number of pyridine rings is 2. The van der Waals surface area contributed by atoms with Gasteiger partial charge in [0.2, 0.25) is 0 Å². The molecule has 0 unspecified atom stereocenters. The van der Waals surface area contributed by atoms with Crippen LogP contribution in [0.25, 0.3) is 21.9 Å². The number of nitrogens with zero attached hydrogens (tertiary/aromatic N) is 4. The standard InChI is InChI=1S/C23H22F2N4O/c1-27-8-6-17-22-18(13-26-23(17)27)21(30)7-11-29(22)16-4-9-28(10-5-16)14-15-2-3-19(24)20(25)12-15/h2-3,6-8,11-13,16H,4-5,9-10,14H2,1H3. The van der Waals surface area contributed by atoms with Gasteiger partial charge in [-0.25, -0.2) is 13.8 Å². The Hall–Kier alpha value is -3.06. The molecular formula is C23H22F2N4O. The topological polar surface area (TPSA) is 43.1 Å². The predicted molar refractivity (Wildman–Crippen MR) is 112 cm³/mol. The van der Waals surface area contributed by atoms with Gasteiger partial charge in [0.25, 0.3) is 0 Å². The molecule has 1 fully saturated rings. The molecule has 4 heterocycles. The van der Waals surface area contributed by atoms with Gasteiger partial charge >= 0.3 is 0 Å². The minimum absolute atomic E-state index is 0.0183. The Balaban J connectivity index is 1.42. The maximum absolute atomic E-state index is 13.5. The Bertz CT molecular complexity index is 1300. The van der Waals surface area contributed by atoms with Crippen molar-refractivity contribution in [3.63, 3.8) is 0 Å². The summed E-state index contributed by atoms with van der Waals surface area (Å²) >= 11 is 0. The van der Waals surface area contributed by atoms with Gasteiger partial charge in [0.15, 0.2) is 17.1 Å². The highest BCUT2D eigenvalue weighted by atomic mass is 19.2. The summed E-state index contributed by atoms with van der Waals surface area (Å²) in [6.45, 7) is 2.29. The van der Waals surface area contributed by atoms with Gasteiger partial charge in [0.1, 0.15) is 5.65 Å². The van der Waals surface area contributed by atoms with Crippen LogP contribution >= 0.6 is 0 Å². The lowest BCUT2D eigenvalue weighted by molar-refractivity contribution is 0.181. The molecule has 1 aromatic carbocycles. The van der Waals surface area contributed by atoms with Crippen LogP contribution < -0.4 is 5.43 Å². The fourth-order valence-corrected chi connectivity index (χ4v) is 4.53. The summed E-state index contributed by atoms with van der Waals surface area (Å²) in [7, 11) is 1.95. The molecule has 0 aliphatic carbocycles. The number of fused-ring (bicyclic) bond motifs is 3. The number of aromatic nitrogens is 3. The average Bonchev–Trinajstić information content (AvgIpc) is 3.13. The Morgan fingerprint density at radius 1 is 1.03 bits per heavy atom. The van der Waals surface area contributed by atoms with Crippen LogP contribution in [0.5, 0.6) is 0 Å². The van der Waals surface area contributed by atoms with E-state index in [-0.39, 0.29) is 11.5 Å². The molecule has 30 heavy (non-hydrogen) atoms. The highest BCUT2D eigenvalue weighted by Crippen LogP contribution is 2.30. The van der Waals surface area contributed by atoms with E-state index in [1.165, 1.54) is 12.1 Å². The molecule has 0 spiro atoms. The number of hydrogen-bond donors (Lipinski definition) is 0. The minimum atomic E-state index is -0.815. The van der Waals surface area contributed by atoms with Crippen LogP contribution in [-0.4, -0.2) is 32.1 Å². The molecule has 3 aromatic heterocycles. The monoisotopic (exact) mass is 408 g/mol. The Morgan fingerprint density at radius 3 is 2.60 bits per heavy atom. The molecule has 0 bridgehead atoms. The van der Waals surface area contributed by atoms with Crippen molar-refractivity contribution in [1.29, 1.82) is 0 Å². The predicted octanol–water partition coefficient (Wildman–Crippen LogP) is 4.00. The van der Waals surface area contributed by atoms with E-state index in [2.05, 4.69) is 14.5 Å². The number of benzene rings is 1. The number of likely N-dealkylation sites (tertiary alicyclic amines) is 1. The van der Waals surface area contributed by atoms with E-state index in [9.17, 15) is 13.6 Å². The van der Waals surface area contributed by atoms with E-state index in [0.29, 0.717) is 11.9 Å². The summed E-state index contributed by atoms with van der Waals surface area (Å²) in [5, 5.41) is 1.62. The highest BCUT2D eigenvalue weighted by Gasteiger charge is 2.23. The van der Waals surface area contributed by atoms with Crippen LogP contribution in [0.4, 0.5) is 8.78 Å². The number of hydrogen-bond acceptors (Lipinski definition) is 3. The van der Waals surface area contributed by atoms with Gasteiger partial charge in [0.05, 0.1) is 10.9 Å². The third-order valence-electron chi connectivity index (χ3n) is 6.12. The first-order chi connectivity index (χ1) is 14.5. The van der Waals surface area contributed by atoms with Crippen LogP contribution in [-0.2, 0) is 13.6 Å². The summed E-state index contributed by atoms with van der Waals surface area (Å²) in [5.41, 5.74) is 2.55. The second-order valence-corrected chi connectivity index (χ2v) is 8.03. The zero-order valence-corrected chi connectivity index (χ0v) is 16.7. The van der Waals surface area contributed by atoms with E-state index >= 15 is 0 Å². The van der Waals surface area contributed by atoms with Gasteiger partial charge in [-0.15, -0.1) is 0 Å². The molecule has 0 N–H and O–H groups in total. The maximum Gasteiger partial charge on any atom is 0.190 e. The molecule has 5 nitrogen and oxygen atoms in total. The highest BCUT2D eigenvalue weighted by molar-refractivity contribution is 6.02. The van der Waals surface area contributed by atoms with Gasteiger partial charge < -0.3 is 9.13 Å². The van der Waals surface area contributed by atoms with E-state index in [1.807, 2.05) is 30.1 Å². The maximum atomic E-state index is 13.5. The molecule has 5 rings (SSSR count). The van der Waals surface area contributed by atoms with Gasteiger partial charge in [-0.2, -0.15) is 0 Å². The second kappa shape index (κ2) is 7.32. The molecule has 0 amide bonds. The summed E-state index contributed by atoms with van der Waals surface area (Å²) in [5.74, 6) is -1.62. The lowest BCUT2D eigenvalue weighted by Crippen LogP contribution is -2.34. The van der Waals surface area contributed by atoms with Crippen molar-refractivity contribution in [2.45, 2.75) is 25.4 Å². The zero-order chi connectivity index (χ0) is 20.8. The Kier molecular flexibility index (Phi) is 4.62. The molecule has 0 radical (unpaired) electrons. The number of halogens is 2. The molecule has 154 valence electrons. The molecule has 0 saturated carbocycles. The first kappa shape index (κ1) is 18.9. The Morgan fingerprint density at radius 2 is 1.83 bits per heavy atom. The van der Waals surface area contributed by atoms with E-state index < -0.39 is 11.6 Å². The SMILES string of the molecule is Cn1ccc2c1ncc1c(=O)ccn(C3CCN(Cc4ccc(F)c(F)c4)CC3)c12. The fourth-order valence-electron chi connectivity index (χ4n) is 4.53. The van der Waals surface area contributed by atoms with Crippen molar-refractivity contribution in [3.8, 4) is 0 Å². The smallest absolute Gasteiger partial charge is 0.190 e. The van der Waals surface area contributed by atoms with Gasteiger partial charge in [-0.05, 0) is 36.6 Å². The first-order valence-electron chi connectivity index (χ1n) is 10.1. The lowest BCUT2D eigenvalue weighted by Gasteiger charge is -2.34. The van der Waals surface area contributed by atoms with E-state index in [4.69, 9.17) is 0 Å². The summed E-state index contributed by atoms with van der Waals surface area (Å²) in [6.07, 6.45) is 7.36. The van der Waals surface area contributed by atoms with Crippen molar-refractivity contribution in [2.75, 3.05) is 13.1 Å². The molecule has 4 aromatic rings. The van der Waals surface area contributed by atoms with Crippen molar-refractivity contribution in [3.05, 3.63) is 76.3 Å². The van der Waals surface area contributed by atoms with Crippen LogP contribution in [0.1, 0.15) is 24.4 Å². The van der Waals surface area contributed by atoms with Crippen LogP contribution in [0.2, 0.25) is 0 Å². The molecule has 7 heteroatoms. The third-order valence-corrected chi connectivity index (χ3v) is 6.12. The van der Waals surface area contributed by atoms with Crippen molar-refractivity contribution in [1.82, 2.24) is 19.0 Å². The zero-order valence-electron chi connectivity index (χ0n) is 16.7. The van der Waals surface area contributed by atoms with Crippen molar-refractivity contribution in [2.24, 2.45) is 7.05 Å². The van der Waals surface area contributed by atoms with Crippen molar-refractivity contribution < 1.29 is 8.78 Å². The summed E-state index contributed by atoms with van der Waals surface area (Å²) < 4.78 is 30.8. The lowest BCUT2D eigenvalue weighted by atomic mass is 10.0. The third kappa shape index (κ3) is 3.19. The Labute approximate surface area is 172 Å². The average molecular weight is 408 g/mol. The van der Waals surface area contributed by atoms with Gasteiger partial charge in [0, 0.05) is 62.8 Å². The fraction of sp³-hybridized carbons (Fsp3) is 0.304. The molecule has 1 aliphatic heterocycles. The van der Waals surface area contributed by atoms with Crippen LogP contribution in [0, 0.1) is 11.6 Å². The molecule has 1 aliphatic rings. The minimum Gasteiger partial charge on any atom is -0.343 e. The van der Waals surface area contributed by atoms with E-state index in [1.54, 1.807) is 18.3 Å². The van der Waals surface area contributed by atoms with Crippen molar-refractivity contribution >= 4 is 21.9 Å².